The second-order valence-electron chi connectivity index (χ2n) is 8.16. The van der Waals surface area contributed by atoms with E-state index in [1.54, 1.807) is 0 Å². The van der Waals surface area contributed by atoms with Gasteiger partial charge in [-0.25, -0.2) is 9.97 Å². The molecule has 1 aromatic carbocycles. The van der Waals surface area contributed by atoms with Crippen molar-refractivity contribution in [2.24, 2.45) is 5.41 Å². The van der Waals surface area contributed by atoms with E-state index in [2.05, 4.69) is 32.1 Å². The summed E-state index contributed by atoms with van der Waals surface area (Å²) in [5.41, 5.74) is 3.02. The molecular weight excluding hydrogens is 430 g/mol. The Balaban J connectivity index is 1.46. The van der Waals surface area contributed by atoms with Gasteiger partial charge >= 0.3 is 0 Å². The number of hydrogen-bond acceptors (Lipinski definition) is 7. The van der Waals surface area contributed by atoms with Gasteiger partial charge in [0.2, 0.25) is 0 Å². The largest absolute Gasteiger partial charge is 0.388 e. The van der Waals surface area contributed by atoms with Crippen molar-refractivity contribution in [1.82, 2.24) is 15.3 Å². The van der Waals surface area contributed by atoms with Crippen LogP contribution in [0.3, 0.4) is 0 Å². The van der Waals surface area contributed by atoms with Gasteiger partial charge in [-0.1, -0.05) is 29.9 Å². The fourth-order valence-corrected chi connectivity index (χ4v) is 5.49. The van der Waals surface area contributed by atoms with Gasteiger partial charge < -0.3 is 20.3 Å². The van der Waals surface area contributed by atoms with Crippen LogP contribution in [0.15, 0.2) is 41.0 Å². The molecule has 2 aliphatic rings. The Hall–Kier alpha value is -1.96. The average Bonchev–Trinajstić information content (AvgIpc) is 3.24. The Morgan fingerprint density at radius 2 is 2.06 bits per heavy atom. The van der Waals surface area contributed by atoms with E-state index in [1.807, 2.05) is 38.5 Å². The molecule has 3 heterocycles. The molecule has 0 radical (unpaired) electrons. The highest BCUT2D eigenvalue weighted by Crippen LogP contribution is 2.41. The normalized spacial score (nSPS) is 17.7. The molecule has 2 fully saturated rings. The van der Waals surface area contributed by atoms with Crippen LogP contribution in [0.25, 0.3) is 5.70 Å². The van der Waals surface area contributed by atoms with Crippen molar-refractivity contribution in [3.05, 3.63) is 41.7 Å². The van der Waals surface area contributed by atoms with Crippen LogP contribution in [0.4, 0.5) is 11.5 Å². The van der Waals surface area contributed by atoms with Crippen LogP contribution in [0.1, 0.15) is 31.7 Å². The minimum atomic E-state index is 0.393. The number of anilines is 2. The molecule has 166 valence electrons. The van der Waals surface area contributed by atoms with Gasteiger partial charge in [0.25, 0.3) is 0 Å². The number of rotatable bonds is 7. The maximum atomic E-state index is 6.76. The van der Waals surface area contributed by atoms with Gasteiger partial charge in [-0.2, -0.15) is 0 Å². The predicted molar refractivity (Wildman–Crippen MR) is 129 cm³/mol. The highest BCUT2D eigenvalue weighted by molar-refractivity contribution is 7.99. The summed E-state index contributed by atoms with van der Waals surface area (Å²) >= 11 is 8.27. The monoisotopic (exact) mass is 459 g/mol. The summed E-state index contributed by atoms with van der Waals surface area (Å²) in [5, 5.41) is 7.93. The van der Waals surface area contributed by atoms with Crippen molar-refractivity contribution in [3.8, 4) is 0 Å². The minimum absolute atomic E-state index is 0.393. The number of halogens is 1. The molecule has 0 amide bonds. The third kappa shape index (κ3) is 4.78. The molecule has 2 saturated heterocycles. The molecule has 6 nitrogen and oxygen atoms in total. The van der Waals surface area contributed by atoms with Gasteiger partial charge in [-0.05, 0) is 43.7 Å². The lowest BCUT2D eigenvalue weighted by Crippen LogP contribution is -2.40. The number of benzene rings is 1. The first-order valence-electron chi connectivity index (χ1n) is 10.8. The molecule has 1 aromatic heterocycles. The van der Waals surface area contributed by atoms with E-state index in [1.165, 1.54) is 18.2 Å². The zero-order chi connectivity index (χ0) is 21.8. The van der Waals surface area contributed by atoms with Crippen molar-refractivity contribution in [2.45, 2.75) is 36.1 Å². The van der Waals surface area contributed by atoms with E-state index >= 15 is 0 Å². The lowest BCUT2D eigenvalue weighted by Gasteiger charge is -2.38. The number of hydrogen-bond donors (Lipinski definition) is 2. The Labute approximate surface area is 193 Å². The Morgan fingerprint density at radius 3 is 2.68 bits per heavy atom. The molecule has 0 unspecified atom stereocenters. The third-order valence-electron chi connectivity index (χ3n) is 6.23. The number of aromatic nitrogens is 2. The summed E-state index contributed by atoms with van der Waals surface area (Å²) in [6, 6.07) is 4.02. The van der Waals surface area contributed by atoms with Crippen LogP contribution in [0.5, 0.6) is 0 Å². The fraction of sp³-hybridized carbons (Fsp3) is 0.478. The summed E-state index contributed by atoms with van der Waals surface area (Å²) in [7, 11) is 1.88. The first-order valence-corrected chi connectivity index (χ1v) is 12.0. The highest BCUT2D eigenvalue weighted by Gasteiger charge is 2.38. The van der Waals surface area contributed by atoms with Gasteiger partial charge in [0.1, 0.15) is 10.8 Å². The van der Waals surface area contributed by atoms with Crippen molar-refractivity contribution in [3.63, 3.8) is 0 Å². The molecular formula is C23H30ClN5OS. The lowest BCUT2D eigenvalue weighted by molar-refractivity contribution is 0.133. The van der Waals surface area contributed by atoms with Crippen molar-refractivity contribution < 1.29 is 4.74 Å². The van der Waals surface area contributed by atoms with Crippen molar-refractivity contribution in [2.75, 3.05) is 50.1 Å². The van der Waals surface area contributed by atoms with E-state index in [-0.39, 0.29) is 0 Å². The molecule has 2 aliphatic heterocycles. The quantitative estimate of drug-likeness (QED) is 0.609. The van der Waals surface area contributed by atoms with E-state index in [9.17, 15) is 0 Å². The first-order chi connectivity index (χ1) is 15.0. The van der Waals surface area contributed by atoms with Gasteiger partial charge in [0.05, 0.1) is 24.0 Å². The third-order valence-corrected chi connectivity index (χ3v) is 7.71. The van der Waals surface area contributed by atoms with Crippen molar-refractivity contribution >= 4 is 40.6 Å². The standard InChI is InChI=1S/C23H30ClN5OS/c1-4-26-16(2)21-17(25-3)5-6-18(22(21)24)31-20-14-27-19(13-28-20)29-10-7-23(8-11-29)9-12-30-15-23/h5-6,13-14,25-26H,2,4,7-12,15H2,1,3H3. The molecule has 2 aromatic rings. The minimum Gasteiger partial charge on any atom is -0.388 e. The number of piperidine rings is 1. The number of nitrogens with zero attached hydrogens (tertiary/aromatic N) is 3. The summed E-state index contributed by atoms with van der Waals surface area (Å²) in [5.74, 6) is 0.941. The molecule has 0 atom stereocenters. The van der Waals surface area contributed by atoms with Gasteiger partial charge in [-0.3, -0.25) is 0 Å². The van der Waals surface area contributed by atoms with Crippen LogP contribution >= 0.6 is 23.4 Å². The summed E-state index contributed by atoms with van der Waals surface area (Å²) in [6.45, 7) is 10.8. The SMILES string of the molecule is C=C(NCC)c1c(NC)ccc(Sc2cnc(N3CCC4(CCOC4)CC3)cn2)c1Cl. The second kappa shape index (κ2) is 9.67. The second-order valence-corrected chi connectivity index (χ2v) is 9.60. The van der Waals surface area contributed by atoms with E-state index in [0.29, 0.717) is 10.4 Å². The summed E-state index contributed by atoms with van der Waals surface area (Å²) in [6.07, 6.45) is 7.23. The van der Waals surface area contributed by atoms with Gasteiger partial charge in [-0.15, -0.1) is 0 Å². The van der Waals surface area contributed by atoms with Gasteiger partial charge in [0.15, 0.2) is 0 Å². The topological polar surface area (TPSA) is 62.3 Å². The summed E-state index contributed by atoms with van der Waals surface area (Å²) in [4.78, 5) is 12.6. The van der Waals surface area contributed by atoms with Crippen LogP contribution in [-0.4, -0.2) is 49.9 Å². The Kier molecular flexibility index (Phi) is 6.94. The fourth-order valence-electron chi connectivity index (χ4n) is 4.33. The molecule has 31 heavy (non-hydrogen) atoms. The Morgan fingerprint density at radius 1 is 1.26 bits per heavy atom. The molecule has 0 aliphatic carbocycles. The molecule has 4 rings (SSSR count). The number of nitrogens with one attached hydrogen (secondary N) is 2. The molecule has 0 saturated carbocycles. The Bertz CT molecular complexity index is 920. The van der Waals surface area contributed by atoms with E-state index < -0.39 is 0 Å². The predicted octanol–water partition coefficient (Wildman–Crippen LogP) is 4.91. The molecule has 0 bridgehead atoms. The maximum Gasteiger partial charge on any atom is 0.147 e. The zero-order valence-electron chi connectivity index (χ0n) is 18.2. The maximum absolute atomic E-state index is 6.76. The zero-order valence-corrected chi connectivity index (χ0v) is 19.8. The van der Waals surface area contributed by atoms with Crippen LogP contribution < -0.4 is 15.5 Å². The highest BCUT2D eigenvalue weighted by atomic mass is 35.5. The number of ether oxygens (including phenoxy) is 1. The average molecular weight is 460 g/mol. The van der Waals surface area contributed by atoms with E-state index in [4.69, 9.17) is 16.3 Å². The smallest absolute Gasteiger partial charge is 0.147 e. The van der Waals surface area contributed by atoms with Crippen LogP contribution in [0.2, 0.25) is 5.02 Å². The molecule has 2 N–H and O–H groups in total. The molecule has 8 heteroatoms. The van der Waals surface area contributed by atoms with Crippen LogP contribution in [0, 0.1) is 5.41 Å². The lowest BCUT2D eigenvalue weighted by atomic mass is 9.78. The van der Waals surface area contributed by atoms with Crippen LogP contribution in [-0.2, 0) is 4.74 Å². The van der Waals surface area contributed by atoms with E-state index in [0.717, 1.165) is 78.4 Å². The van der Waals surface area contributed by atoms with Crippen molar-refractivity contribution in [1.29, 1.82) is 0 Å². The van der Waals surface area contributed by atoms with Gasteiger partial charge in [0, 0.05) is 55.1 Å². The first kappa shape index (κ1) is 22.2. The summed E-state index contributed by atoms with van der Waals surface area (Å²) < 4.78 is 5.64. The molecule has 1 spiro atoms.